The molecule has 0 aliphatic carbocycles. The van der Waals surface area contributed by atoms with Crippen molar-refractivity contribution >= 4 is 27.6 Å². The average Bonchev–Trinajstić information content (AvgIpc) is 2.78. The predicted molar refractivity (Wildman–Crippen MR) is 120 cm³/mol. The standard InChI is InChI=1S/C20H23N5O4S2/c1-4-31(26,27)25-18-17(15-7-5-14(2)6-8-15)19(24-13-23-18)28-9-10-29-20-21-11-16(30-3)12-22-20/h5-8,11-13H,4,9-10H2,1-3H3,(H,23,24,25). The number of thioether (sulfide) groups is 1. The lowest BCUT2D eigenvalue weighted by molar-refractivity contribution is 0.201. The van der Waals surface area contributed by atoms with Crippen LogP contribution in [0.3, 0.4) is 0 Å². The molecule has 0 saturated heterocycles. The van der Waals surface area contributed by atoms with Gasteiger partial charge in [-0.15, -0.1) is 11.8 Å². The van der Waals surface area contributed by atoms with Gasteiger partial charge < -0.3 is 9.47 Å². The zero-order chi connectivity index (χ0) is 22.3. The van der Waals surface area contributed by atoms with Crippen LogP contribution in [-0.2, 0) is 10.0 Å². The van der Waals surface area contributed by atoms with Crippen LogP contribution < -0.4 is 14.2 Å². The number of anilines is 1. The number of benzene rings is 1. The molecule has 3 aromatic rings. The van der Waals surface area contributed by atoms with Crippen LogP contribution in [0.1, 0.15) is 12.5 Å². The van der Waals surface area contributed by atoms with E-state index < -0.39 is 10.0 Å². The Bertz CT molecular complexity index is 1110. The lowest BCUT2D eigenvalue weighted by Gasteiger charge is -2.15. The molecule has 0 aliphatic heterocycles. The highest BCUT2D eigenvalue weighted by molar-refractivity contribution is 7.98. The van der Waals surface area contributed by atoms with Crippen molar-refractivity contribution in [2.75, 3.05) is 29.9 Å². The van der Waals surface area contributed by atoms with Crippen molar-refractivity contribution in [1.82, 2.24) is 19.9 Å². The Labute approximate surface area is 185 Å². The van der Waals surface area contributed by atoms with Gasteiger partial charge in [-0.1, -0.05) is 29.8 Å². The van der Waals surface area contributed by atoms with Crippen LogP contribution in [-0.4, -0.2) is 53.6 Å². The summed E-state index contributed by atoms with van der Waals surface area (Å²) in [6.45, 7) is 3.86. The van der Waals surface area contributed by atoms with E-state index in [-0.39, 0.29) is 36.7 Å². The molecule has 0 unspecified atom stereocenters. The smallest absolute Gasteiger partial charge is 0.316 e. The second-order valence-electron chi connectivity index (χ2n) is 6.38. The first-order valence-corrected chi connectivity index (χ1v) is 12.3. The molecule has 0 aliphatic rings. The second kappa shape index (κ2) is 10.4. The topological polar surface area (TPSA) is 116 Å². The fourth-order valence-corrected chi connectivity index (χ4v) is 3.42. The first-order chi connectivity index (χ1) is 14.9. The van der Waals surface area contributed by atoms with E-state index in [1.165, 1.54) is 6.33 Å². The first-order valence-electron chi connectivity index (χ1n) is 9.46. The van der Waals surface area contributed by atoms with E-state index in [9.17, 15) is 8.42 Å². The highest BCUT2D eigenvalue weighted by Crippen LogP contribution is 2.34. The fourth-order valence-electron chi connectivity index (χ4n) is 2.51. The number of hydrogen-bond donors (Lipinski definition) is 1. The summed E-state index contributed by atoms with van der Waals surface area (Å²) in [4.78, 5) is 17.5. The molecule has 0 bridgehead atoms. The van der Waals surface area contributed by atoms with Crippen molar-refractivity contribution in [1.29, 1.82) is 0 Å². The lowest BCUT2D eigenvalue weighted by atomic mass is 10.1. The van der Waals surface area contributed by atoms with Gasteiger partial charge >= 0.3 is 6.01 Å². The number of sulfonamides is 1. The van der Waals surface area contributed by atoms with Crippen LogP contribution in [0.15, 0.2) is 47.9 Å². The van der Waals surface area contributed by atoms with Gasteiger partial charge in [0.15, 0.2) is 5.82 Å². The summed E-state index contributed by atoms with van der Waals surface area (Å²) in [5, 5.41) is 0. The van der Waals surface area contributed by atoms with Gasteiger partial charge in [0.25, 0.3) is 0 Å². The molecule has 11 heteroatoms. The van der Waals surface area contributed by atoms with Gasteiger partial charge in [0.05, 0.1) is 11.3 Å². The second-order valence-corrected chi connectivity index (χ2v) is 9.27. The summed E-state index contributed by atoms with van der Waals surface area (Å²) in [5.41, 5.74) is 2.26. The van der Waals surface area contributed by atoms with E-state index in [0.717, 1.165) is 16.0 Å². The number of rotatable bonds is 10. The SMILES string of the molecule is CCS(=O)(=O)Nc1ncnc(OCCOc2ncc(SC)cn2)c1-c1ccc(C)cc1. The zero-order valence-electron chi connectivity index (χ0n) is 17.4. The van der Waals surface area contributed by atoms with Gasteiger partial charge in [-0.25, -0.2) is 28.4 Å². The molecule has 2 heterocycles. The maximum absolute atomic E-state index is 12.1. The largest absolute Gasteiger partial charge is 0.473 e. The molecule has 0 saturated carbocycles. The molecule has 0 fully saturated rings. The van der Waals surface area contributed by atoms with Gasteiger partial charge in [0.1, 0.15) is 19.5 Å². The van der Waals surface area contributed by atoms with Crippen LogP contribution in [0.5, 0.6) is 11.9 Å². The van der Waals surface area contributed by atoms with E-state index in [2.05, 4.69) is 24.7 Å². The van der Waals surface area contributed by atoms with E-state index in [1.807, 2.05) is 37.4 Å². The number of aromatic nitrogens is 4. The number of nitrogens with one attached hydrogen (secondary N) is 1. The molecule has 1 N–H and O–H groups in total. The van der Waals surface area contributed by atoms with Crippen LogP contribution in [0, 0.1) is 6.92 Å². The molecular weight excluding hydrogens is 438 g/mol. The Morgan fingerprint density at radius 1 is 1.00 bits per heavy atom. The Morgan fingerprint density at radius 3 is 2.32 bits per heavy atom. The number of ether oxygens (including phenoxy) is 2. The molecule has 9 nitrogen and oxygen atoms in total. The predicted octanol–water partition coefficient (Wildman–Crippen LogP) is 3.18. The molecule has 164 valence electrons. The van der Waals surface area contributed by atoms with E-state index in [0.29, 0.717) is 5.56 Å². The van der Waals surface area contributed by atoms with Gasteiger partial charge in [-0.05, 0) is 25.7 Å². The minimum atomic E-state index is -3.53. The highest BCUT2D eigenvalue weighted by atomic mass is 32.2. The fraction of sp³-hybridized carbons (Fsp3) is 0.300. The Kier molecular flexibility index (Phi) is 7.64. The van der Waals surface area contributed by atoms with Crippen molar-refractivity contribution in [3.63, 3.8) is 0 Å². The lowest BCUT2D eigenvalue weighted by Crippen LogP contribution is -2.17. The maximum Gasteiger partial charge on any atom is 0.316 e. The molecule has 0 atom stereocenters. The molecule has 31 heavy (non-hydrogen) atoms. The van der Waals surface area contributed by atoms with Crippen molar-refractivity contribution < 1.29 is 17.9 Å². The number of hydrogen-bond acceptors (Lipinski definition) is 9. The van der Waals surface area contributed by atoms with Gasteiger partial charge in [0, 0.05) is 17.3 Å². The summed E-state index contributed by atoms with van der Waals surface area (Å²) in [6, 6.07) is 7.82. The summed E-state index contributed by atoms with van der Waals surface area (Å²) < 4.78 is 38.1. The molecular formula is C20H23N5O4S2. The zero-order valence-corrected chi connectivity index (χ0v) is 19.0. The molecule has 0 spiro atoms. The monoisotopic (exact) mass is 461 g/mol. The molecule has 1 aromatic carbocycles. The van der Waals surface area contributed by atoms with Crippen molar-refractivity contribution in [2.24, 2.45) is 0 Å². The first kappa shape index (κ1) is 22.8. The van der Waals surface area contributed by atoms with Crippen LogP contribution in [0.4, 0.5) is 5.82 Å². The highest BCUT2D eigenvalue weighted by Gasteiger charge is 2.19. The Balaban J connectivity index is 1.79. The third-order valence-corrected chi connectivity index (χ3v) is 6.13. The van der Waals surface area contributed by atoms with Crippen LogP contribution in [0.25, 0.3) is 11.1 Å². The third-order valence-electron chi connectivity index (χ3n) is 4.18. The summed E-state index contributed by atoms with van der Waals surface area (Å²) >= 11 is 1.54. The van der Waals surface area contributed by atoms with Gasteiger partial charge in [-0.2, -0.15) is 0 Å². The number of nitrogens with zero attached hydrogens (tertiary/aromatic N) is 4. The van der Waals surface area contributed by atoms with E-state index in [4.69, 9.17) is 9.47 Å². The van der Waals surface area contributed by atoms with Crippen molar-refractivity contribution in [2.45, 2.75) is 18.7 Å². The molecule has 0 radical (unpaired) electrons. The van der Waals surface area contributed by atoms with Gasteiger partial charge in [-0.3, -0.25) is 4.72 Å². The normalized spacial score (nSPS) is 11.2. The minimum Gasteiger partial charge on any atom is -0.473 e. The Morgan fingerprint density at radius 2 is 1.68 bits per heavy atom. The molecule has 2 aromatic heterocycles. The summed E-state index contributed by atoms with van der Waals surface area (Å²) in [5.74, 6) is 0.325. The quantitative estimate of drug-likeness (QED) is 0.359. The van der Waals surface area contributed by atoms with Crippen molar-refractivity contribution in [3.8, 4) is 23.0 Å². The maximum atomic E-state index is 12.1. The minimum absolute atomic E-state index is 0.0797. The van der Waals surface area contributed by atoms with Gasteiger partial charge in [0.2, 0.25) is 15.9 Å². The molecule has 0 amide bonds. The Hall–Kier alpha value is -2.92. The molecule has 3 rings (SSSR count). The summed E-state index contributed by atoms with van der Waals surface area (Å²) in [7, 11) is -3.53. The van der Waals surface area contributed by atoms with E-state index >= 15 is 0 Å². The number of aryl methyl sites for hydroxylation is 1. The third kappa shape index (κ3) is 6.28. The average molecular weight is 462 g/mol. The van der Waals surface area contributed by atoms with Crippen molar-refractivity contribution in [3.05, 3.63) is 48.5 Å². The van der Waals surface area contributed by atoms with Crippen LogP contribution >= 0.6 is 11.8 Å². The van der Waals surface area contributed by atoms with Crippen LogP contribution in [0.2, 0.25) is 0 Å². The summed E-state index contributed by atoms with van der Waals surface area (Å²) in [6.07, 6.45) is 6.56. The van der Waals surface area contributed by atoms with E-state index in [1.54, 1.807) is 31.1 Å².